The summed E-state index contributed by atoms with van der Waals surface area (Å²) in [6.07, 6.45) is 0. The van der Waals surface area contributed by atoms with Gasteiger partial charge in [0.2, 0.25) is 0 Å². The molecule has 2 rings (SSSR count). The molecule has 0 amide bonds. The SMILES string of the molecule is Cc1cc(Sc2ccc(C(C)(C)C)cc2)ccc1O. The van der Waals surface area contributed by atoms with Gasteiger partial charge in [-0.25, -0.2) is 0 Å². The van der Waals surface area contributed by atoms with E-state index in [1.54, 1.807) is 17.8 Å². The number of hydrogen-bond donors (Lipinski definition) is 1. The van der Waals surface area contributed by atoms with E-state index in [4.69, 9.17) is 0 Å². The molecule has 0 aliphatic carbocycles. The maximum Gasteiger partial charge on any atom is 0.118 e. The van der Waals surface area contributed by atoms with Crippen LogP contribution in [0.5, 0.6) is 5.75 Å². The van der Waals surface area contributed by atoms with Crippen LogP contribution in [0.15, 0.2) is 52.3 Å². The van der Waals surface area contributed by atoms with Crippen molar-refractivity contribution < 1.29 is 5.11 Å². The quantitative estimate of drug-likeness (QED) is 0.816. The molecule has 0 saturated heterocycles. The van der Waals surface area contributed by atoms with Gasteiger partial charge in [0.05, 0.1) is 0 Å². The predicted octanol–water partition coefficient (Wildman–Crippen LogP) is 5.15. The van der Waals surface area contributed by atoms with Gasteiger partial charge in [0.25, 0.3) is 0 Å². The van der Waals surface area contributed by atoms with Crippen molar-refractivity contribution in [2.45, 2.75) is 42.9 Å². The van der Waals surface area contributed by atoms with Crippen LogP contribution in [0.2, 0.25) is 0 Å². The molecule has 0 heterocycles. The van der Waals surface area contributed by atoms with E-state index in [1.807, 2.05) is 19.1 Å². The molecule has 0 spiro atoms. The van der Waals surface area contributed by atoms with E-state index in [2.05, 4.69) is 45.0 Å². The second-order valence-electron chi connectivity index (χ2n) is 5.82. The predicted molar refractivity (Wildman–Crippen MR) is 82.1 cm³/mol. The van der Waals surface area contributed by atoms with Crippen LogP contribution in [0.25, 0.3) is 0 Å². The van der Waals surface area contributed by atoms with Gasteiger partial charge >= 0.3 is 0 Å². The van der Waals surface area contributed by atoms with Gasteiger partial charge in [-0.1, -0.05) is 44.7 Å². The van der Waals surface area contributed by atoms with Crippen molar-refractivity contribution >= 4 is 11.8 Å². The van der Waals surface area contributed by atoms with E-state index >= 15 is 0 Å². The summed E-state index contributed by atoms with van der Waals surface area (Å²) in [6.45, 7) is 8.58. The Morgan fingerprint density at radius 2 is 1.47 bits per heavy atom. The highest BCUT2D eigenvalue weighted by Gasteiger charge is 2.12. The Balaban J connectivity index is 2.17. The summed E-state index contributed by atoms with van der Waals surface area (Å²) in [4.78, 5) is 2.37. The standard InChI is InChI=1S/C17H20OS/c1-12-11-15(9-10-16(12)18)19-14-7-5-13(6-8-14)17(2,3)4/h5-11,18H,1-4H3. The molecule has 2 heteroatoms. The lowest BCUT2D eigenvalue weighted by molar-refractivity contribution is 0.470. The molecule has 1 N–H and O–H groups in total. The van der Waals surface area contributed by atoms with Crippen LogP contribution in [0.4, 0.5) is 0 Å². The number of phenolic OH excluding ortho intramolecular Hbond substituents is 1. The first-order chi connectivity index (χ1) is 8.86. The number of aryl methyl sites for hydroxylation is 1. The molecule has 0 unspecified atom stereocenters. The van der Waals surface area contributed by atoms with E-state index in [0.717, 1.165) is 10.5 Å². The molecule has 1 nitrogen and oxygen atoms in total. The van der Waals surface area contributed by atoms with E-state index < -0.39 is 0 Å². The summed E-state index contributed by atoms with van der Waals surface area (Å²) < 4.78 is 0. The maximum absolute atomic E-state index is 9.53. The molecule has 0 aliphatic heterocycles. The van der Waals surface area contributed by atoms with Gasteiger partial charge in [0.15, 0.2) is 0 Å². The average molecular weight is 272 g/mol. The lowest BCUT2D eigenvalue weighted by Gasteiger charge is -2.19. The van der Waals surface area contributed by atoms with Crippen LogP contribution in [0, 0.1) is 6.92 Å². The van der Waals surface area contributed by atoms with Gasteiger partial charge in [-0.05, 0) is 53.8 Å². The Morgan fingerprint density at radius 3 is 2.00 bits per heavy atom. The first-order valence-corrected chi connectivity index (χ1v) is 7.26. The van der Waals surface area contributed by atoms with Gasteiger partial charge < -0.3 is 5.11 Å². The van der Waals surface area contributed by atoms with E-state index in [0.29, 0.717) is 5.75 Å². The van der Waals surface area contributed by atoms with Crippen molar-refractivity contribution in [3.05, 3.63) is 53.6 Å². The molecule has 19 heavy (non-hydrogen) atoms. The lowest BCUT2D eigenvalue weighted by Crippen LogP contribution is -2.10. The smallest absolute Gasteiger partial charge is 0.118 e. The normalized spacial score (nSPS) is 11.6. The van der Waals surface area contributed by atoms with E-state index in [-0.39, 0.29) is 5.41 Å². The number of rotatable bonds is 2. The summed E-state index contributed by atoms with van der Waals surface area (Å²) in [5.41, 5.74) is 2.45. The highest BCUT2D eigenvalue weighted by Crippen LogP contribution is 2.32. The maximum atomic E-state index is 9.53. The Hall–Kier alpha value is -1.41. The highest BCUT2D eigenvalue weighted by atomic mass is 32.2. The summed E-state index contributed by atoms with van der Waals surface area (Å²) in [5, 5.41) is 9.53. The van der Waals surface area contributed by atoms with Gasteiger partial charge in [0, 0.05) is 9.79 Å². The molecular weight excluding hydrogens is 252 g/mol. The van der Waals surface area contributed by atoms with Gasteiger partial charge in [-0.3, -0.25) is 0 Å². The molecule has 0 aromatic heterocycles. The van der Waals surface area contributed by atoms with Crippen LogP contribution in [0.1, 0.15) is 31.9 Å². The van der Waals surface area contributed by atoms with Gasteiger partial charge in [-0.2, -0.15) is 0 Å². The van der Waals surface area contributed by atoms with Crippen LogP contribution >= 0.6 is 11.8 Å². The minimum absolute atomic E-state index is 0.193. The number of hydrogen-bond acceptors (Lipinski definition) is 2. The molecule has 0 atom stereocenters. The summed E-state index contributed by atoms with van der Waals surface area (Å²) in [5.74, 6) is 0.354. The molecule has 0 radical (unpaired) electrons. The zero-order valence-electron chi connectivity index (χ0n) is 11.9. The molecule has 2 aromatic rings. The third-order valence-electron chi connectivity index (χ3n) is 3.12. The van der Waals surface area contributed by atoms with Crippen molar-refractivity contribution in [2.24, 2.45) is 0 Å². The lowest BCUT2D eigenvalue weighted by atomic mass is 9.87. The molecule has 0 saturated carbocycles. The minimum atomic E-state index is 0.193. The summed E-state index contributed by atoms with van der Waals surface area (Å²) in [7, 11) is 0. The molecule has 0 bridgehead atoms. The monoisotopic (exact) mass is 272 g/mol. The highest BCUT2D eigenvalue weighted by molar-refractivity contribution is 7.99. The second-order valence-corrected chi connectivity index (χ2v) is 6.97. The summed E-state index contributed by atoms with van der Waals surface area (Å²) in [6, 6.07) is 14.4. The minimum Gasteiger partial charge on any atom is -0.508 e. The zero-order valence-corrected chi connectivity index (χ0v) is 12.7. The van der Waals surface area contributed by atoms with Crippen LogP contribution < -0.4 is 0 Å². The Morgan fingerprint density at radius 1 is 0.895 bits per heavy atom. The second kappa shape index (κ2) is 5.30. The van der Waals surface area contributed by atoms with Crippen molar-refractivity contribution in [1.29, 1.82) is 0 Å². The first-order valence-electron chi connectivity index (χ1n) is 6.44. The van der Waals surface area contributed by atoms with E-state index in [1.165, 1.54) is 10.5 Å². The summed E-state index contributed by atoms with van der Waals surface area (Å²) >= 11 is 1.72. The molecule has 0 aliphatic rings. The Kier molecular flexibility index (Phi) is 3.91. The third kappa shape index (κ3) is 3.54. The van der Waals surface area contributed by atoms with Crippen LogP contribution in [-0.2, 0) is 5.41 Å². The molecule has 100 valence electrons. The Bertz CT molecular complexity index is 565. The van der Waals surface area contributed by atoms with Crippen molar-refractivity contribution in [3.8, 4) is 5.75 Å². The fraction of sp³-hybridized carbons (Fsp3) is 0.294. The fourth-order valence-corrected chi connectivity index (χ4v) is 2.77. The van der Waals surface area contributed by atoms with Crippen molar-refractivity contribution in [1.82, 2.24) is 0 Å². The first kappa shape index (κ1) is 14.0. The average Bonchev–Trinajstić information content (AvgIpc) is 2.33. The fourth-order valence-electron chi connectivity index (χ4n) is 1.85. The number of phenols is 1. The van der Waals surface area contributed by atoms with Crippen molar-refractivity contribution in [3.63, 3.8) is 0 Å². The molecular formula is C17H20OS. The third-order valence-corrected chi connectivity index (χ3v) is 4.12. The van der Waals surface area contributed by atoms with Gasteiger partial charge in [-0.15, -0.1) is 0 Å². The number of aromatic hydroxyl groups is 1. The zero-order chi connectivity index (χ0) is 14.0. The topological polar surface area (TPSA) is 20.2 Å². The van der Waals surface area contributed by atoms with Crippen molar-refractivity contribution in [2.75, 3.05) is 0 Å². The Labute approximate surface area is 119 Å². The van der Waals surface area contributed by atoms with Crippen LogP contribution in [0.3, 0.4) is 0 Å². The largest absolute Gasteiger partial charge is 0.508 e. The van der Waals surface area contributed by atoms with Gasteiger partial charge in [0.1, 0.15) is 5.75 Å². The van der Waals surface area contributed by atoms with Crippen LogP contribution in [-0.4, -0.2) is 5.11 Å². The molecule has 0 fully saturated rings. The number of benzene rings is 2. The molecule has 2 aromatic carbocycles. The van der Waals surface area contributed by atoms with E-state index in [9.17, 15) is 5.11 Å².